The Bertz CT molecular complexity index is 876. The van der Waals surface area contributed by atoms with E-state index >= 15 is 0 Å². The molecular formula is C23H29N3O3. The highest BCUT2D eigenvalue weighted by atomic mass is 16.5. The van der Waals surface area contributed by atoms with E-state index in [2.05, 4.69) is 33.3 Å². The van der Waals surface area contributed by atoms with E-state index in [0.717, 1.165) is 62.8 Å². The second kappa shape index (κ2) is 8.84. The first-order chi connectivity index (χ1) is 14.1. The van der Waals surface area contributed by atoms with E-state index in [1.807, 2.05) is 25.1 Å². The van der Waals surface area contributed by atoms with Crippen LogP contribution < -0.4 is 14.8 Å². The molecule has 0 aliphatic carbocycles. The molecule has 154 valence electrons. The third-order valence-electron chi connectivity index (χ3n) is 5.62. The van der Waals surface area contributed by atoms with Gasteiger partial charge in [0.15, 0.2) is 0 Å². The van der Waals surface area contributed by atoms with Gasteiger partial charge >= 0.3 is 0 Å². The SMILES string of the molecule is COc1ccc(C)cc1NC(=O)CN1CCN(Cc2ccc3c(c2)CCO3)CC1. The third-order valence-corrected chi connectivity index (χ3v) is 5.62. The van der Waals surface area contributed by atoms with Gasteiger partial charge in [-0.2, -0.15) is 0 Å². The molecule has 6 heteroatoms. The zero-order valence-electron chi connectivity index (χ0n) is 17.2. The predicted octanol–water partition coefficient (Wildman–Crippen LogP) is 2.69. The van der Waals surface area contributed by atoms with Crippen molar-refractivity contribution in [2.75, 3.05) is 51.8 Å². The summed E-state index contributed by atoms with van der Waals surface area (Å²) in [5.41, 5.74) is 4.49. The minimum atomic E-state index is 0.000900. The second-order valence-electron chi connectivity index (χ2n) is 7.84. The van der Waals surface area contributed by atoms with Crippen molar-refractivity contribution in [2.45, 2.75) is 19.9 Å². The summed E-state index contributed by atoms with van der Waals surface area (Å²) in [7, 11) is 1.62. The zero-order valence-corrected chi connectivity index (χ0v) is 17.2. The Kier molecular flexibility index (Phi) is 6.02. The molecule has 0 bridgehead atoms. The van der Waals surface area contributed by atoms with E-state index in [0.29, 0.717) is 12.3 Å². The summed E-state index contributed by atoms with van der Waals surface area (Å²) in [5, 5.41) is 2.99. The Labute approximate surface area is 172 Å². The fourth-order valence-corrected chi connectivity index (χ4v) is 4.01. The minimum Gasteiger partial charge on any atom is -0.495 e. The monoisotopic (exact) mass is 395 g/mol. The number of carbonyl (C=O) groups is 1. The predicted molar refractivity (Wildman–Crippen MR) is 114 cm³/mol. The number of hydrogen-bond donors (Lipinski definition) is 1. The van der Waals surface area contributed by atoms with Gasteiger partial charge in [-0.15, -0.1) is 0 Å². The van der Waals surface area contributed by atoms with Crippen LogP contribution in [0.5, 0.6) is 11.5 Å². The molecule has 6 nitrogen and oxygen atoms in total. The standard InChI is InChI=1S/C23H29N3O3/c1-17-3-5-22(28-2)20(13-17)24-23(27)16-26-10-8-25(9-11-26)15-18-4-6-21-19(14-18)7-12-29-21/h3-6,13-14H,7-12,15-16H2,1-2H3,(H,24,27). The van der Waals surface area contributed by atoms with Crippen molar-refractivity contribution < 1.29 is 14.3 Å². The molecule has 0 unspecified atom stereocenters. The van der Waals surface area contributed by atoms with Crippen LogP contribution >= 0.6 is 0 Å². The second-order valence-corrected chi connectivity index (χ2v) is 7.84. The lowest BCUT2D eigenvalue weighted by Crippen LogP contribution is -2.48. The summed E-state index contributed by atoms with van der Waals surface area (Å²) in [4.78, 5) is 17.2. The van der Waals surface area contributed by atoms with Crippen molar-refractivity contribution >= 4 is 11.6 Å². The van der Waals surface area contributed by atoms with Crippen molar-refractivity contribution in [3.05, 3.63) is 53.1 Å². The molecule has 2 aliphatic heterocycles. The molecule has 0 saturated carbocycles. The molecule has 0 radical (unpaired) electrons. The summed E-state index contributed by atoms with van der Waals surface area (Å²) in [5.74, 6) is 1.73. The number of amides is 1. The van der Waals surface area contributed by atoms with Crippen LogP contribution in [0, 0.1) is 6.92 Å². The highest BCUT2D eigenvalue weighted by molar-refractivity contribution is 5.93. The van der Waals surface area contributed by atoms with Crippen LogP contribution in [0.25, 0.3) is 0 Å². The van der Waals surface area contributed by atoms with Crippen LogP contribution in [-0.4, -0.2) is 62.1 Å². The van der Waals surface area contributed by atoms with Gasteiger partial charge in [0.25, 0.3) is 0 Å². The molecular weight excluding hydrogens is 366 g/mol. The number of fused-ring (bicyclic) bond motifs is 1. The van der Waals surface area contributed by atoms with Gasteiger partial charge in [0.1, 0.15) is 11.5 Å². The number of methoxy groups -OCH3 is 1. The van der Waals surface area contributed by atoms with E-state index in [1.54, 1.807) is 7.11 Å². The number of nitrogens with one attached hydrogen (secondary N) is 1. The lowest BCUT2D eigenvalue weighted by atomic mass is 10.1. The van der Waals surface area contributed by atoms with Gasteiger partial charge in [0.2, 0.25) is 5.91 Å². The van der Waals surface area contributed by atoms with Gasteiger partial charge in [-0.1, -0.05) is 18.2 Å². The molecule has 2 aromatic carbocycles. The van der Waals surface area contributed by atoms with Gasteiger partial charge in [0, 0.05) is 39.1 Å². The van der Waals surface area contributed by atoms with Gasteiger partial charge in [-0.3, -0.25) is 14.6 Å². The maximum atomic E-state index is 12.5. The Morgan fingerprint density at radius 1 is 1.10 bits per heavy atom. The quantitative estimate of drug-likeness (QED) is 0.815. The van der Waals surface area contributed by atoms with Crippen molar-refractivity contribution in [1.29, 1.82) is 0 Å². The summed E-state index contributed by atoms with van der Waals surface area (Å²) < 4.78 is 10.9. The summed E-state index contributed by atoms with van der Waals surface area (Å²) in [6.45, 7) is 7.88. The molecule has 2 aromatic rings. The van der Waals surface area contributed by atoms with E-state index in [1.165, 1.54) is 11.1 Å². The smallest absolute Gasteiger partial charge is 0.238 e. The summed E-state index contributed by atoms with van der Waals surface area (Å²) in [6, 6.07) is 12.3. The first-order valence-corrected chi connectivity index (χ1v) is 10.2. The molecule has 0 aromatic heterocycles. The molecule has 0 spiro atoms. The van der Waals surface area contributed by atoms with Crippen LogP contribution in [0.3, 0.4) is 0 Å². The van der Waals surface area contributed by atoms with Gasteiger partial charge < -0.3 is 14.8 Å². The number of hydrogen-bond acceptors (Lipinski definition) is 5. The number of piperazine rings is 1. The topological polar surface area (TPSA) is 54.0 Å². The van der Waals surface area contributed by atoms with Crippen molar-refractivity contribution in [3.63, 3.8) is 0 Å². The number of carbonyl (C=O) groups excluding carboxylic acids is 1. The normalized spacial score (nSPS) is 16.9. The van der Waals surface area contributed by atoms with E-state index in [9.17, 15) is 4.79 Å². The first kappa shape index (κ1) is 19.7. The van der Waals surface area contributed by atoms with Crippen LogP contribution in [0.2, 0.25) is 0 Å². The van der Waals surface area contributed by atoms with Gasteiger partial charge in [-0.25, -0.2) is 0 Å². The van der Waals surface area contributed by atoms with E-state index < -0.39 is 0 Å². The van der Waals surface area contributed by atoms with Gasteiger partial charge in [-0.05, 0) is 41.8 Å². The molecule has 1 amide bonds. The number of anilines is 1. The van der Waals surface area contributed by atoms with E-state index in [4.69, 9.17) is 9.47 Å². The van der Waals surface area contributed by atoms with Gasteiger partial charge in [0.05, 0.1) is 25.9 Å². The molecule has 29 heavy (non-hydrogen) atoms. The first-order valence-electron chi connectivity index (χ1n) is 10.2. The number of ether oxygens (including phenoxy) is 2. The van der Waals surface area contributed by atoms with Crippen LogP contribution in [-0.2, 0) is 17.8 Å². The molecule has 1 fully saturated rings. The lowest BCUT2D eigenvalue weighted by molar-refractivity contribution is -0.117. The molecule has 0 atom stereocenters. The minimum absolute atomic E-state index is 0.000900. The van der Waals surface area contributed by atoms with Crippen molar-refractivity contribution in [1.82, 2.24) is 9.80 Å². The average Bonchev–Trinajstić information content (AvgIpc) is 3.17. The van der Waals surface area contributed by atoms with Crippen molar-refractivity contribution in [2.24, 2.45) is 0 Å². The number of benzene rings is 2. The highest BCUT2D eigenvalue weighted by Crippen LogP contribution is 2.27. The maximum Gasteiger partial charge on any atom is 0.238 e. The van der Waals surface area contributed by atoms with E-state index in [-0.39, 0.29) is 5.91 Å². The lowest BCUT2D eigenvalue weighted by Gasteiger charge is -2.34. The molecule has 2 heterocycles. The molecule has 1 saturated heterocycles. The summed E-state index contributed by atoms with van der Waals surface area (Å²) >= 11 is 0. The van der Waals surface area contributed by atoms with Crippen molar-refractivity contribution in [3.8, 4) is 11.5 Å². The third kappa shape index (κ3) is 4.89. The van der Waals surface area contributed by atoms with Crippen LogP contribution in [0.1, 0.15) is 16.7 Å². The Balaban J connectivity index is 1.25. The fraction of sp³-hybridized carbons (Fsp3) is 0.435. The Morgan fingerprint density at radius 3 is 2.69 bits per heavy atom. The van der Waals surface area contributed by atoms with Crippen LogP contribution in [0.4, 0.5) is 5.69 Å². The largest absolute Gasteiger partial charge is 0.495 e. The fourth-order valence-electron chi connectivity index (χ4n) is 4.01. The average molecular weight is 396 g/mol. The van der Waals surface area contributed by atoms with Crippen LogP contribution in [0.15, 0.2) is 36.4 Å². The Hall–Kier alpha value is -2.57. The molecule has 4 rings (SSSR count). The maximum absolute atomic E-state index is 12.5. The Morgan fingerprint density at radius 2 is 1.90 bits per heavy atom. The number of rotatable bonds is 6. The molecule has 2 aliphatic rings. The number of nitrogens with zero attached hydrogens (tertiary/aromatic N) is 2. The number of aryl methyl sites for hydroxylation is 1. The zero-order chi connectivity index (χ0) is 20.2. The molecule has 1 N–H and O–H groups in total. The summed E-state index contributed by atoms with van der Waals surface area (Å²) in [6.07, 6.45) is 1.01. The highest BCUT2D eigenvalue weighted by Gasteiger charge is 2.20.